The number of benzene rings is 2. The Morgan fingerprint density at radius 1 is 0.875 bits per heavy atom. The van der Waals surface area contributed by atoms with Gasteiger partial charge < -0.3 is 14.6 Å². The molecule has 1 N–H and O–H groups in total. The van der Waals surface area contributed by atoms with Crippen LogP contribution in [0.3, 0.4) is 0 Å². The highest BCUT2D eigenvalue weighted by Crippen LogP contribution is 2.37. The number of carbonyl (C=O) groups is 1. The molecule has 1 aromatic heterocycles. The van der Waals surface area contributed by atoms with Crippen LogP contribution in [0.2, 0.25) is 0 Å². The molecule has 170 valence electrons. The molecule has 10 heteroatoms. The molecule has 0 bridgehead atoms. The molecule has 4 nitrogen and oxygen atoms in total. The van der Waals surface area contributed by atoms with Crippen LogP contribution in [0.15, 0.2) is 71.3 Å². The molecule has 0 fully saturated rings. The molecule has 2 aromatic carbocycles. The number of amides is 2. The molecule has 3 aromatic rings. The minimum absolute atomic E-state index is 0.00563. The van der Waals surface area contributed by atoms with Crippen molar-refractivity contribution < 1.29 is 35.6 Å². The quantitative estimate of drug-likeness (QED) is 0.425. The summed E-state index contributed by atoms with van der Waals surface area (Å²) in [5.41, 5.74) is -2.72. The lowest BCUT2D eigenvalue weighted by atomic mass is 10.1. The maximum absolute atomic E-state index is 13.1. The molecule has 0 unspecified atom stereocenters. The number of hydrogen-bond acceptors (Lipinski definition) is 2. The van der Waals surface area contributed by atoms with Crippen LogP contribution in [0.25, 0.3) is 0 Å². The fourth-order valence-corrected chi connectivity index (χ4v) is 2.98. The van der Waals surface area contributed by atoms with Gasteiger partial charge in [0, 0.05) is 12.2 Å². The van der Waals surface area contributed by atoms with Gasteiger partial charge in [0.2, 0.25) is 0 Å². The number of nitrogens with one attached hydrogen (secondary N) is 1. The number of halogens is 6. The van der Waals surface area contributed by atoms with E-state index in [2.05, 4.69) is 5.32 Å². The van der Waals surface area contributed by atoms with E-state index < -0.39 is 35.2 Å². The zero-order valence-corrected chi connectivity index (χ0v) is 16.5. The van der Waals surface area contributed by atoms with Gasteiger partial charge in [0.05, 0.1) is 23.9 Å². The minimum atomic E-state index is -5.01. The van der Waals surface area contributed by atoms with Crippen molar-refractivity contribution in [2.45, 2.75) is 25.3 Å². The first-order valence-electron chi connectivity index (χ1n) is 9.44. The number of urea groups is 1. The van der Waals surface area contributed by atoms with Gasteiger partial charge in [-0.05, 0) is 42.3 Å². The second kappa shape index (κ2) is 9.37. The van der Waals surface area contributed by atoms with Crippen LogP contribution < -0.4 is 5.32 Å². The Balaban J connectivity index is 1.84. The fraction of sp³-hybridized carbons (Fsp3) is 0.227. The summed E-state index contributed by atoms with van der Waals surface area (Å²) in [5, 5.41) is 2.16. The molecule has 0 spiro atoms. The third-order valence-electron chi connectivity index (χ3n) is 4.57. The number of furan rings is 1. The van der Waals surface area contributed by atoms with Crippen LogP contribution in [-0.4, -0.2) is 17.5 Å². The van der Waals surface area contributed by atoms with E-state index in [9.17, 15) is 31.1 Å². The summed E-state index contributed by atoms with van der Waals surface area (Å²) in [6.07, 6.45) is -8.21. The maximum atomic E-state index is 13.1. The first kappa shape index (κ1) is 23.2. The zero-order chi connectivity index (χ0) is 23.4. The van der Waals surface area contributed by atoms with E-state index in [1.807, 2.05) is 30.3 Å². The van der Waals surface area contributed by atoms with Crippen molar-refractivity contribution >= 4 is 11.7 Å². The highest BCUT2D eigenvalue weighted by Gasteiger charge is 2.37. The Hall–Kier alpha value is -3.43. The lowest BCUT2D eigenvalue weighted by Gasteiger charge is -2.23. The van der Waals surface area contributed by atoms with Gasteiger partial charge in [-0.25, -0.2) is 4.79 Å². The Kier molecular flexibility index (Phi) is 6.81. The monoisotopic (exact) mass is 456 g/mol. The zero-order valence-electron chi connectivity index (χ0n) is 16.5. The van der Waals surface area contributed by atoms with Crippen LogP contribution in [0.4, 0.5) is 36.8 Å². The van der Waals surface area contributed by atoms with Crippen LogP contribution in [0, 0.1) is 0 Å². The van der Waals surface area contributed by atoms with Crippen LogP contribution >= 0.6 is 0 Å². The van der Waals surface area contributed by atoms with Crippen molar-refractivity contribution in [1.29, 1.82) is 0 Å². The summed E-state index contributed by atoms with van der Waals surface area (Å²) >= 11 is 0. The topological polar surface area (TPSA) is 45.5 Å². The Bertz CT molecular complexity index is 999. The molecule has 3 rings (SSSR count). The van der Waals surface area contributed by atoms with E-state index in [1.54, 1.807) is 12.1 Å². The van der Waals surface area contributed by atoms with Crippen molar-refractivity contribution in [3.8, 4) is 0 Å². The van der Waals surface area contributed by atoms with Gasteiger partial charge >= 0.3 is 18.4 Å². The molecule has 32 heavy (non-hydrogen) atoms. The third kappa shape index (κ3) is 6.29. The lowest BCUT2D eigenvalue weighted by Crippen LogP contribution is -2.36. The highest BCUT2D eigenvalue weighted by atomic mass is 19.4. The number of hydrogen-bond donors (Lipinski definition) is 1. The first-order chi connectivity index (χ1) is 15.0. The van der Waals surface area contributed by atoms with Gasteiger partial charge in [-0.2, -0.15) is 26.3 Å². The standard InChI is InChI=1S/C22H18F6N2O2/c23-21(24,25)16-11-17(22(26,27)28)13-18(12-16)29-20(31)30(14-19-7-4-10-32-19)9-8-15-5-2-1-3-6-15/h1-7,10-13H,8-9,14H2,(H,29,31). The van der Waals surface area contributed by atoms with Crippen LogP contribution in [0.5, 0.6) is 0 Å². The molecular weight excluding hydrogens is 438 g/mol. The normalized spacial score (nSPS) is 11.9. The smallest absolute Gasteiger partial charge is 0.416 e. The number of carbonyl (C=O) groups excluding carboxylic acids is 1. The van der Waals surface area contributed by atoms with Gasteiger partial charge in [-0.1, -0.05) is 30.3 Å². The molecular formula is C22H18F6N2O2. The average Bonchev–Trinajstić information content (AvgIpc) is 3.23. The van der Waals surface area contributed by atoms with Crippen molar-refractivity contribution in [2.75, 3.05) is 11.9 Å². The average molecular weight is 456 g/mol. The van der Waals surface area contributed by atoms with E-state index in [0.29, 0.717) is 24.3 Å². The highest BCUT2D eigenvalue weighted by molar-refractivity contribution is 5.89. The molecule has 0 radical (unpaired) electrons. The van der Waals surface area contributed by atoms with E-state index in [4.69, 9.17) is 4.42 Å². The number of nitrogens with zero attached hydrogens (tertiary/aromatic N) is 1. The molecule has 0 atom stereocenters. The number of anilines is 1. The van der Waals surface area contributed by atoms with E-state index in [0.717, 1.165) is 5.56 Å². The maximum Gasteiger partial charge on any atom is 0.416 e. The third-order valence-corrected chi connectivity index (χ3v) is 4.57. The second-order valence-electron chi connectivity index (χ2n) is 6.96. The summed E-state index contributed by atoms with van der Waals surface area (Å²) in [4.78, 5) is 14.0. The predicted molar refractivity (Wildman–Crippen MR) is 105 cm³/mol. The Morgan fingerprint density at radius 2 is 1.50 bits per heavy atom. The second-order valence-corrected chi connectivity index (χ2v) is 6.96. The molecule has 0 saturated carbocycles. The van der Waals surface area contributed by atoms with Gasteiger partial charge in [-0.3, -0.25) is 0 Å². The Labute approximate surface area is 179 Å². The van der Waals surface area contributed by atoms with Crippen molar-refractivity contribution in [1.82, 2.24) is 4.90 Å². The van der Waals surface area contributed by atoms with Crippen molar-refractivity contribution in [2.24, 2.45) is 0 Å². The van der Waals surface area contributed by atoms with Crippen molar-refractivity contribution in [3.63, 3.8) is 0 Å². The largest absolute Gasteiger partial charge is 0.467 e. The summed E-state index contributed by atoms with van der Waals surface area (Å²) in [7, 11) is 0. The summed E-state index contributed by atoms with van der Waals surface area (Å²) in [6, 6.07) is 12.4. The van der Waals surface area contributed by atoms with E-state index in [-0.39, 0.29) is 19.2 Å². The molecule has 0 aliphatic rings. The molecule has 2 amide bonds. The number of rotatable bonds is 6. The van der Waals surface area contributed by atoms with E-state index in [1.165, 1.54) is 11.2 Å². The molecule has 0 aliphatic carbocycles. The van der Waals surface area contributed by atoms with Gasteiger partial charge in [-0.15, -0.1) is 0 Å². The minimum Gasteiger partial charge on any atom is -0.467 e. The fourth-order valence-electron chi connectivity index (χ4n) is 2.98. The van der Waals surface area contributed by atoms with Crippen LogP contribution in [-0.2, 0) is 25.3 Å². The molecule has 1 heterocycles. The summed E-state index contributed by atoms with van der Waals surface area (Å²) < 4.78 is 83.8. The van der Waals surface area contributed by atoms with Gasteiger partial charge in [0.1, 0.15) is 5.76 Å². The van der Waals surface area contributed by atoms with E-state index >= 15 is 0 Å². The van der Waals surface area contributed by atoms with Crippen LogP contribution in [0.1, 0.15) is 22.5 Å². The number of alkyl halides is 6. The van der Waals surface area contributed by atoms with Gasteiger partial charge in [0.25, 0.3) is 0 Å². The summed E-state index contributed by atoms with van der Waals surface area (Å²) in [5.74, 6) is 0.410. The SMILES string of the molecule is O=C(Nc1cc(C(F)(F)F)cc(C(F)(F)F)c1)N(CCc1ccccc1)Cc1ccco1. The lowest BCUT2D eigenvalue weighted by molar-refractivity contribution is -0.143. The predicted octanol–water partition coefficient (Wildman–Crippen LogP) is 6.59. The molecule has 0 saturated heterocycles. The van der Waals surface area contributed by atoms with Crippen molar-refractivity contribution in [3.05, 3.63) is 89.4 Å². The summed E-state index contributed by atoms with van der Waals surface area (Å²) in [6.45, 7) is 0.137. The molecule has 0 aliphatic heterocycles. The Morgan fingerprint density at radius 3 is 2.03 bits per heavy atom. The van der Waals surface area contributed by atoms with Gasteiger partial charge in [0.15, 0.2) is 0 Å². The first-order valence-corrected chi connectivity index (χ1v) is 9.44.